The standard InChI is InChI=1S/C16H32N2O2/c1-6-8-11-18(7-2)12-16(14-9-10-14,15(19)20-5)17-13(3)4/h13-14,17H,6-12H2,1-5H3. The molecule has 1 N–H and O–H groups in total. The normalized spacial score (nSPS) is 18.4. The molecule has 4 nitrogen and oxygen atoms in total. The molecule has 1 saturated carbocycles. The van der Waals surface area contributed by atoms with Gasteiger partial charge in [0.1, 0.15) is 5.54 Å². The van der Waals surface area contributed by atoms with Crippen LogP contribution in [-0.4, -0.2) is 49.2 Å². The van der Waals surface area contributed by atoms with Crippen LogP contribution in [0, 0.1) is 5.92 Å². The Hall–Kier alpha value is -0.610. The molecular weight excluding hydrogens is 252 g/mol. The van der Waals surface area contributed by atoms with E-state index < -0.39 is 5.54 Å². The Labute approximate surface area is 124 Å². The molecule has 1 atom stereocenters. The van der Waals surface area contributed by atoms with Crippen molar-refractivity contribution in [3.8, 4) is 0 Å². The van der Waals surface area contributed by atoms with Crippen LogP contribution < -0.4 is 5.32 Å². The first-order valence-electron chi connectivity index (χ1n) is 8.08. The Morgan fingerprint density at radius 1 is 1.40 bits per heavy atom. The SMILES string of the molecule is CCCCN(CC)CC(NC(C)C)(C(=O)OC)C1CC1. The summed E-state index contributed by atoms with van der Waals surface area (Å²) in [5.41, 5.74) is -0.521. The molecule has 0 spiro atoms. The molecule has 1 unspecified atom stereocenters. The Morgan fingerprint density at radius 3 is 2.45 bits per heavy atom. The van der Waals surface area contributed by atoms with Crippen molar-refractivity contribution < 1.29 is 9.53 Å². The molecule has 0 amide bonds. The summed E-state index contributed by atoms with van der Waals surface area (Å²) in [5, 5.41) is 3.53. The number of carbonyl (C=O) groups excluding carboxylic acids is 1. The quantitative estimate of drug-likeness (QED) is 0.626. The monoisotopic (exact) mass is 284 g/mol. The van der Waals surface area contributed by atoms with Crippen molar-refractivity contribution in [1.82, 2.24) is 10.2 Å². The van der Waals surface area contributed by atoms with Gasteiger partial charge in [-0.3, -0.25) is 5.32 Å². The highest BCUT2D eigenvalue weighted by molar-refractivity contribution is 5.82. The molecule has 1 aliphatic carbocycles. The van der Waals surface area contributed by atoms with Crippen molar-refractivity contribution in [3.05, 3.63) is 0 Å². The lowest BCUT2D eigenvalue weighted by atomic mass is 9.91. The molecule has 1 rings (SSSR count). The number of hydrogen-bond donors (Lipinski definition) is 1. The van der Waals surface area contributed by atoms with Crippen molar-refractivity contribution in [2.24, 2.45) is 5.92 Å². The van der Waals surface area contributed by atoms with Gasteiger partial charge in [0.2, 0.25) is 0 Å². The van der Waals surface area contributed by atoms with E-state index in [-0.39, 0.29) is 12.0 Å². The number of nitrogens with zero attached hydrogens (tertiary/aromatic N) is 1. The zero-order valence-corrected chi connectivity index (χ0v) is 13.9. The number of methoxy groups -OCH3 is 1. The summed E-state index contributed by atoms with van der Waals surface area (Å²) in [5.74, 6) is 0.330. The lowest BCUT2D eigenvalue weighted by Crippen LogP contribution is -2.63. The average Bonchev–Trinajstić information content (AvgIpc) is 3.25. The third kappa shape index (κ3) is 4.45. The summed E-state index contributed by atoms with van der Waals surface area (Å²) >= 11 is 0. The third-order valence-corrected chi connectivity index (χ3v) is 4.12. The topological polar surface area (TPSA) is 41.6 Å². The Bertz CT molecular complexity index is 303. The first-order chi connectivity index (χ1) is 9.50. The van der Waals surface area contributed by atoms with E-state index in [1.54, 1.807) is 0 Å². The second kappa shape index (κ2) is 7.99. The van der Waals surface area contributed by atoms with Gasteiger partial charge in [0, 0.05) is 12.6 Å². The highest BCUT2D eigenvalue weighted by atomic mass is 16.5. The van der Waals surface area contributed by atoms with E-state index in [1.165, 1.54) is 20.0 Å². The van der Waals surface area contributed by atoms with Crippen LogP contribution in [0.15, 0.2) is 0 Å². The number of carbonyl (C=O) groups is 1. The molecule has 0 radical (unpaired) electrons. The molecule has 0 bridgehead atoms. The first kappa shape index (κ1) is 17.4. The molecule has 118 valence electrons. The van der Waals surface area contributed by atoms with Gasteiger partial charge in [-0.05, 0) is 52.1 Å². The van der Waals surface area contributed by atoms with E-state index in [0.29, 0.717) is 5.92 Å². The minimum atomic E-state index is -0.521. The number of rotatable bonds is 10. The zero-order chi connectivity index (χ0) is 15.2. The molecular formula is C16H32N2O2. The van der Waals surface area contributed by atoms with Crippen LogP contribution in [0.2, 0.25) is 0 Å². The van der Waals surface area contributed by atoms with Gasteiger partial charge in [-0.2, -0.15) is 0 Å². The van der Waals surface area contributed by atoms with Gasteiger partial charge >= 0.3 is 5.97 Å². The maximum Gasteiger partial charge on any atom is 0.327 e. The van der Waals surface area contributed by atoms with E-state index in [0.717, 1.165) is 32.5 Å². The zero-order valence-electron chi connectivity index (χ0n) is 13.9. The van der Waals surface area contributed by atoms with E-state index in [4.69, 9.17) is 4.74 Å². The van der Waals surface area contributed by atoms with Gasteiger partial charge in [-0.15, -0.1) is 0 Å². The van der Waals surface area contributed by atoms with E-state index in [1.807, 2.05) is 0 Å². The van der Waals surface area contributed by atoms with Crippen molar-refractivity contribution >= 4 is 5.97 Å². The van der Waals surface area contributed by atoms with Gasteiger partial charge in [-0.25, -0.2) is 4.79 Å². The minimum absolute atomic E-state index is 0.0938. The fourth-order valence-corrected chi connectivity index (χ4v) is 2.94. The van der Waals surface area contributed by atoms with Crippen LogP contribution in [0.25, 0.3) is 0 Å². The van der Waals surface area contributed by atoms with Gasteiger partial charge in [0.05, 0.1) is 7.11 Å². The predicted molar refractivity (Wildman–Crippen MR) is 82.8 cm³/mol. The van der Waals surface area contributed by atoms with Crippen LogP contribution >= 0.6 is 0 Å². The number of ether oxygens (including phenoxy) is 1. The number of esters is 1. The summed E-state index contributed by atoms with van der Waals surface area (Å²) in [4.78, 5) is 14.8. The number of likely N-dealkylation sites (N-methyl/N-ethyl adjacent to an activating group) is 1. The summed E-state index contributed by atoms with van der Waals surface area (Å²) in [7, 11) is 1.50. The fraction of sp³-hybridized carbons (Fsp3) is 0.938. The third-order valence-electron chi connectivity index (χ3n) is 4.12. The molecule has 0 aromatic carbocycles. The highest BCUT2D eigenvalue weighted by Crippen LogP contribution is 2.41. The van der Waals surface area contributed by atoms with Gasteiger partial charge in [0.15, 0.2) is 0 Å². The van der Waals surface area contributed by atoms with Crippen LogP contribution in [0.4, 0.5) is 0 Å². The van der Waals surface area contributed by atoms with Crippen LogP contribution in [0.1, 0.15) is 53.4 Å². The number of hydrogen-bond acceptors (Lipinski definition) is 4. The Balaban J connectivity index is 2.86. The Morgan fingerprint density at radius 2 is 2.05 bits per heavy atom. The molecule has 0 aromatic rings. The second-order valence-electron chi connectivity index (χ2n) is 6.26. The number of nitrogens with one attached hydrogen (secondary N) is 1. The minimum Gasteiger partial charge on any atom is -0.468 e. The maximum atomic E-state index is 12.5. The molecule has 4 heteroatoms. The predicted octanol–water partition coefficient (Wildman–Crippen LogP) is 2.43. The van der Waals surface area contributed by atoms with E-state index in [9.17, 15) is 4.79 Å². The van der Waals surface area contributed by atoms with Gasteiger partial charge in [0.25, 0.3) is 0 Å². The molecule has 1 fully saturated rings. The van der Waals surface area contributed by atoms with Crippen molar-refractivity contribution in [1.29, 1.82) is 0 Å². The van der Waals surface area contributed by atoms with Crippen molar-refractivity contribution in [2.45, 2.75) is 65.0 Å². The number of unbranched alkanes of at least 4 members (excludes halogenated alkanes) is 1. The largest absolute Gasteiger partial charge is 0.468 e. The molecule has 1 aliphatic rings. The summed E-state index contributed by atoms with van der Waals surface area (Å²) < 4.78 is 5.14. The maximum absolute atomic E-state index is 12.5. The van der Waals surface area contributed by atoms with Gasteiger partial charge in [-0.1, -0.05) is 20.3 Å². The van der Waals surface area contributed by atoms with Crippen molar-refractivity contribution in [2.75, 3.05) is 26.7 Å². The first-order valence-corrected chi connectivity index (χ1v) is 8.08. The lowest BCUT2D eigenvalue weighted by molar-refractivity contribution is -0.151. The molecule has 0 aliphatic heterocycles. The fourth-order valence-electron chi connectivity index (χ4n) is 2.94. The second-order valence-corrected chi connectivity index (χ2v) is 6.26. The average molecular weight is 284 g/mol. The molecule has 0 aromatic heterocycles. The van der Waals surface area contributed by atoms with E-state index >= 15 is 0 Å². The molecule has 0 saturated heterocycles. The van der Waals surface area contributed by atoms with Crippen LogP contribution in [-0.2, 0) is 9.53 Å². The highest BCUT2D eigenvalue weighted by Gasteiger charge is 2.52. The van der Waals surface area contributed by atoms with Gasteiger partial charge < -0.3 is 9.64 Å². The van der Waals surface area contributed by atoms with Crippen LogP contribution in [0.5, 0.6) is 0 Å². The summed E-state index contributed by atoms with van der Waals surface area (Å²) in [6, 6.07) is 0.277. The summed E-state index contributed by atoms with van der Waals surface area (Å²) in [6.07, 6.45) is 4.61. The summed E-state index contributed by atoms with van der Waals surface area (Å²) in [6.45, 7) is 11.4. The Kier molecular flexibility index (Phi) is 6.96. The molecule has 20 heavy (non-hydrogen) atoms. The van der Waals surface area contributed by atoms with Crippen molar-refractivity contribution in [3.63, 3.8) is 0 Å². The smallest absolute Gasteiger partial charge is 0.327 e. The van der Waals surface area contributed by atoms with Crippen LogP contribution in [0.3, 0.4) is 0 Å². The van der Waals surface area contributed by atoms with E-state index in [2.05, 4.69) is 37.9 Å². The molecule has 0 heterocycles. The lowest BCUT2D eigenvalue weighted by Gasteiger charge is -2.38.